The lowest BCUT2D eigenvalue weighted by Crippen LogP contribution is -2.48. The minimum Gasteiger partial charge on any atom is -0.477 e. The van der Waals surface area contributed by atoms with Gasteiger partial charge in [0.15, 0.2) is 5.70 Å². The number of hydrogen-bond donors (Lipinski definition) is 1. The number of aliphatic carboxylic acids is 1. The molecule has 0 radical (unpaired) electrons. The summed E-state index contributed by atoms with van der Waals surface area (Å²) in [6, 6.07) is 0. The highest BCUT2D eigenvalue weighted by atomic mass is 79.9. The third kappa shape index (κ3) is 3.17. The number of nitrogens with zero attached hydrogens (tertiary/aromatic N) is 1. The Morgan fingerprint density at radius 3 is 2.79 bits per heavy atom. The Morgan fingerprint density at radius 2 is 2.21 bits per heavy atom. The van der Waals surface area contributed by atoms with Crippen LogP contribution in [0.4, 0.5) is 0 Å². The number of β-lactam (4-membered cyclic amide) rings is 1. The molecule has 0 unspecified atom stereocenters. The van der Waals surface area contributed by atoms with E-state index in [1.165, 1.54) is 28.4 Å². The molecule has 2 rings (SSSR count). The minimum atomic E-state index is -1.07. The van der Waals surface area contributed by atoms with Gasteiger partial charge in [-0.3, -0.25) is 14.5 Å². The molecule has 0 spiro atoms. The summed E-state index contributed by atoms with van der Waals surface area (Å²) < 4.78 is 0.648. The van der Waals surface area contributed by atoms with Crippen LogP contribution < -0.4 is 0 Å². The maximum absolute atomic E-state index is 11.4. The molecule has 2 aliphatic rings. The molecule has 5 nitrogen and oxygen atoms in total. The molecule has 0 aromatic heterocycles. The van der Waals surface area contributed by atoms with Gasteiger partial charge in [0, 0.05) is 23.9 Å². The fraction of sp³-hybridized carbons (Fsp3) is 0.545. The summed E-state index contributed by atoms with van der Waals surface area (Å²) in [5.74, 6) is -0.498. The number of carboxylic acids is 1. The number of amides is 1. The maximum atomic E-state index is 11.4. The molecule has 1 atom stereocenters. The van der Waals surface area contributed by atoms with E-state index >= 15 is 0 Å². The Labute approximate surface area is 127 Å². The first-order valence-corrected chi connectivity index (χ1v) is 8.70. The lowest BCUT2D eigenvalue weighted by atomic mass is 10.2. The molecule has 1 saturated heterocycles. The van der Waals surface area contributed by atoms with Gasteiger partial charge in [-0.05, 0) is 0 Å². The monoisotopic (exact) mass is 365 g/mol. The van der Waals surface area contributed by atoms with E-state index in [0.29, 0.717) is 34.6 Å². The van der Waals surface area contributed by atoms with Crippen molar-refractivity contribution in [1.82, 2.24) is 4.90 Å². The lowest BCUT2D eigenvalue weighted by Gasteiger charge is -2.33. The Morgan fingerprint density at radius 1 is 1.47 bits per heavy atom. The molecule has 0 aliphatic carbocycles. The first-order chi connectivity index (χ1) is 9.04. The van der Waals surface area contributed by atoms with Gasteiger partial charge in [0.05, 0.1) is 16.0 Å². The van der Waals surface area contributed by atoms with Gasteiger partial charge in [-0.25, -0.2) is 4.79 Å². The second-order valence-electron chi connectivity index (χ2n) is 4.06. The zero-order valence-corrected chi connectivity index (χ0v) is 13.1. The standard InChI is InChI=1S/C11H12BrNO4S2/c12-3-1-6(14)2-4-18-11-9(10(16)17)13-7(15)5-8(13)19-11/h8H,1-5H2,(H,16,17)/t8-/m0/s1. The van der Waals surface area contributed by atoms with E-state index in [9.17, 15) is 14.4 Å². The number of fused-ring (bicyclic) bond motifs is 1. The van der Waals surface area contributed by atoms with E-state index in [1.54, 1.807) is 0 Å². The van der Waals surface area contributed by atoms with E-state index in [1.807, 2.05) is 0 Å². The number of thioether (sulfide) groups is 2. The SMILES string of the molecule is O=C(CCBr)CCSC1=C(C(=O)O)N2C(=O)C[C@@H]2S1. The van der Waals surface area contributed by atoms with E-state index in [-0.39, 0.29) is 22.8 Å². The summed E-state index contributed by atoms with van der Waals surface area (Å²) in [5, 5.41) is 9.76. The van der Waals surface area contributed by atoms with E-state index in [0.717, 1.165) is 0 Å². The number of carbonyl (C=O) groups is 3. The van der Waals surface area contributed by atoms with E-state index < -0.39 is 5.97 Å². The van der Waals surface area contributed by atoms with Gasteiger partial charge >= 0.3 is 5.97 Å². The number of carbonyl (C=O) groups excluding carboxylic acids is 2. The molecule has 104 valence electrons. The summed E-state index contributed by atoms with van der Waals surface area (Å²) in [4.78, 5) is 35.3. The van der Waals surface area contributed by atoms with Crippen LogP contribution >= 0.6 is 39.5 Å². The van der Waals surface area contributed by atoms with Gasteiger partial charge in [-0.1, -0.05) is 27.7 Å². The van der Waals surface area contributed by atoms with Crippen molar-refractivity contribution in [2.24, 2.45) is 0 Å². The van der Waals surface area contributed by atoms with Crippen molar-refractivity contribution in [3.05, 3.63) is 9.93 Å². The van der Waals surface area contributed by atoms with Crippen LogP contribution in [0, 0.1) is 0 Å². The van der Waals surface area contributed by atoms with Crippen molar-refractivity contribution in [3.8, 4) is 0 Å². The Balaban J connectivity index is 1.94. The number of hydrogen-bond acceptors (Lipinski definition) is 5. The topological polar surface area (TPSA) is 74.7 Å². The zero-order valence-electron chi connectivity index (χ0n) is 9.93. The van der Waals surface area contributed by atoms with Crippen LogP contribution in [0.15, 0.2) is 9.93 Å². The number of ketones is 1. The van der Waals surface area contributed by atoms with Crippen molar-refractivity contribution in [2.75, 3.05) is 11.1 Å². The fourth-order valence-electron chi connectivity index (χ4n) is 1.81. The molecular formula is C11H12BrNO4S2. The highest BCUT2D eigenvalue weighted by Crippen LogP contribution is 2.50. The number of halogens is 1. The fourth-order valence-corrected chi connectivity index (χ4v) is 5.04. The quantitative estimate of drug-likeness (QED) is 0.549. The van der Waals surface area contributed by atoms with E-state index in [2.05, 4.69) is 15.9 Å². The van der Waals surface area contributed by atoms with Gasteiger partial charge in [-0.2, -0.15) is 0 Å². The maximum Gasteiger partial charge on any atom is 0.354 e. The van der Waals surface area contributed by atoms with Crippen molar-refractivity contribution in [2.45, 2.75) is 24.6 Å². The third-order valence-electron chi connectivity index (χ3n) is 2.77. The molecule has 19 heavy (non-hydrogen) atoms. The summed E-state index contributed by atoms with van der Waals surface area (Å²) in [5.41, 5.74) is 0.0872. The molecule has 0 aromatic carbocycles. The van der Waals surface area contributed by atoms with Crippen LogP contribution in [0.3, 0.4) is 0 Å². The van der Waals surface area contributed by atoms with Gasteiger partial charge < -0.3 is 5.11 Å². The largest absolute Gasteiger partial charge is 0.477 e. The normalized spacial score (nSPS) is 21.4. The molecule has 1 amide bonds. The van der Waals surface area contributed by atoms with Crippen LogP contribution in [-0.2, 0) is 14.4 Å². The van der Waals surface area contributed by atoms with Gasteiger partial charge in [-0.15, -0.1) is 11.8 Å². The smallest absolute Gasteiger partial charge is 0.354 e. The van der Waals surface area contributed by atoms with Crippen LogP contribution in [0.25, 0.3) is 0 Å². The Bertz CT molecular complexity index is 466. The third-order valence-corrected chi connectivity index (χ3v) is 5.73. The van der Waals surface area contributed by atoms with Crippen molar-refractivity contribution < 1.29 is 19.5 Å². The van der Waals surface area contributed by atoms with Crippen LogP contribution in [0.5, 0.6) is 0 Å². The highest BCUT2D eigenvalue weighted by Gasteiger charge is 2.48. The Hall–Kier alpha value is -0.470. The zero-order chi connectivity index (χ0) is 14.0. The second-order valence-corrected chi connectivity index (χ2v) is 7.40. The lowest BCUT2D eigenvalue weighted by molar-refractivity contribution is -0.145. The van der Waals surface area contributed by atoms with Gasteiger partial charge in [0.1, 0.15) is 5.78 Å². The molecule has 0 bridgehead atoms. The molecule has 0 saturated carbocycles. The highest BCUT2D eigenvalue weighted by molar-refractivity contribution is 9.09. The number of rotatable bonds is 7. The molecule has 1 fully saturated rings. The van der Waals surface area contributed by atoms with Crippen molar-refractivity contribution in [1.29, 1.82) is 0 Å². The predicted octanol–water partition coefficient (Wildman–Crippen LogP) is 2.02. The van der Waals surface area contributed by atoms with Crippen LogP contribution in [-0.4, -0.2) is 44.1 Å². The molecule has 0 aromatic rings. The van der Waals surface area contributed by atoms with Gasteiger partial charge in [0.25, 0.3) is 0 Å². The average Bonchev–Trinajstić information content (AvgIpc) is 2.62. The Kier molecular flexibility index (Phi) is 4.97. The first-order valence-electron chi connectivity index (χ1n) is 5.71. The molecule has 2 aliphatic heterocycles. The second kappa shape index (κ2) is 6.32. The molecular weight excluding hydrogens is 354 g/mol. The first kappa shape index (κ1) is 14.9. The number of alkyl halides is 1. The van der Waals surface area contributed by atoms with Crippen molar-refractivity contribution in [3.63, 3.8) is 0 Å². The average molecular weight is 366 g/mol. The minimum absolute atomic E-state index is 0.0562. The van der Waals surface area contributed by atoms with Crippen molar-refractivity contribution >= 4 is 57.1 Å². The summed E-state index contributed by atoms with van der Waals surface area (Å²) in [6.45, 7) is 0. The summed E-state index contributed by atoms with van der Waals surface area (Å²) >= 11 is 5.97. The molecule has 8 heteroatoms. The summed E-state index contributed by atoms with van der Waals surface area (Å²) in [7, 11) is 0. The van der Waals surface area contributed by atoms with E-state index in [4.69, 9.17) is 5.11 Å². The predicted molar refractivity (Wildman–Crippen MR) is 78.0 cm³/mol. The van der Waals surface area contributed by atoms with Gasteiger partial charge in [0.2, 0.25) is 5.91 Å². The molecule has 1 N–H and O–H groups in total. The molecule has 2 heterocycles. The number of carboxylic acid groups (broad SMARTS) is 1. The number of Topliss-reactive ketones (excluding diaryl/α,β-unsaturated/α-hetero) is 1. The van der Waals surface area contributed by atoms with Crippen LogP contribution in [0.1, 0.15) is 19.3 Å². The summed E-state index contributed by atoms with van der Waals surface area (Å²) in [6.07, 6.45) is 1.31. The van der Waals surface area contributed by atoms with Crippen LogP contribution in [0.2, 0.25) is 0 Å².